The van der Waals surface area contributed by atoms with Gasteiger partial charge in [-0.2, -0.15) is 0 Å². The third-order valence-electron chi connectivity index (χ3n) is 6.54. The van der Waals surface area contributed by atoms with Gasteiger partial charge in [-0.1, -0.05) is 89.6 Å². The molecule has 0 saturated heterocycles. The second-order valence-corrected chi connectivity index (χ2v) is 12.8. The van der Waals surface area contributed by atoms with Crippen LogP contribution in [0.2, 0.25) is 5.02 Å². The molecule has 0 bridgehead atoms. The van der Waals surface area contributed by atoms with Crippen molar-refractivity contribution >= 4 is 33.4 Å². The minimum Gasteiger partial charge on any atom is -0.272 e. The summed E-state index contributed by atoms with van der Waals surface area (Å²) >= 11 is 7.94. The Morgan fingerprint density at radius 2 is 1.63 bits per heavy atom. The summed E-state index contributed by atoms with van der Waals surface area (Å²) in [4.78, 5) is -0.0454. The second-order valence-electron chi connectivity index (χ2n) is 9.70. The third-order valence-corrected chi connectivity index (χ3v) is 9.26. The molecule has 0 aliphatic rings. The van der Waals surface area contributed by atoms with Crippen molar-refractivity contribution in [1.29, 1.82) is 0 Å². The summed E-state index contributed by atoms with van der Waals surface area (Å²) in [6.45, 7) is 4.00. The number of halogens is 2. The number of hydrogen-bond acceptors (Lipinski definition) is 5. The van der Waals surface area contributed by atoms with Gasteiger partial charge in [0, 0.05) is 10.8 Å². The fourth-order valence-electron chi connectivity index (χ4n) is 4.50. The fourth-order valence-corrected chi connectivity index (χ4v) is 6.76. The molecule has 1 aromatic heterocycles. The number of thioether (sulfide) groups is 1. The molecule has 6 nitrogen and oxygen atoms in total. The summed E-state index contributed by atoms with van der Waals surface area (Å²) in [5.41, 5.74) is 4.88. The van der Waals surface area contributed by atoms with E-state index in [1.54, 1.807) is 0 Å². The highest BCUT2D eigenvalue weighted by Crippen LogP contribution is 2.32. The van der Waals surface area contributed by atoms with Crippen molar-refractivity contribution in [2.75, 3.05) is 0 Å². The molecule has 1 unspecified atom stereocenters. The Hall–Kier alpha value is -3.50. The van der Waals surface area contributed by atoms with Crippen LogP contribution in [-0.4, -0.2) is 23.2 Å². The van der Waals surface area contributed by atoms with Crippen molar-refractivity contribution in [3.8, 4) is 5.69 Å². The molecule has 10 heteroatoms. The van der Waals surface area contributed by atoms with Crippen LogP contribution in [0, 0.1) is 19.7 Å². The molecule has 0 fully saturated rings. The molecule has 0 aliphatic carbocycles. The maximum Gasteiger partial charge on any atom is 0.241 e. The van der Waals surface area contributed by atoms with E-state index in [2.05, 4.69) is 27.1 Å². The van der Waals surface area contributed by atoms with E-state index in [0.29, 0.717) is 28.2 Å². The number of benzene rings is 4. The van der Waals surface area contributed by atoms with Crippen LogP contribution in [0.15, 0.2) is 107 Å². The van der Waals surface area contributed by atoms with Gasteiger partial charge >= 0.3 is 0 Å². The molecule has 0 saturated carbocycles. The fraction of sp³-hybridized carbons (Fsp3) is 0.161. The van der Waals surface area contributed by atoms with E-state index in [0.717, 1.165) is 40.1 Å². The summed E-state index contributed by atoms with van der Waals surface area (Å²) in [7, 11) is -4.04. The van der Waals surface area contributed by atoms with Crippen molar-refractivity contribution in [2.45, 2.75) is 42.1 Å². The predicted octanol–water partition coefficient (Wildman–Crippen LogP) is 7.23. The Bertz CT molecular complexity index is 1760. The lowest BCUT2D eigenvalue weighted by Gasteiger charge is -2.21. The summed E-state index contributed by atoms with van der Waals surface area (Å²) in [5.74, 6) is 0.539. The molecule has 41 heavy (non-hydrogen) atoms. The highest BCUT2D eigenvalue weighted by atomic mass is 35.5. The lowest BCUT2D eigenvalue weighted by atomic mass is 10.1. The molecule has 5 aromatic rings. The first-order valence-electron chi connectivity index (χ1n) is 12.9. The normalized spacial score (nSPS) is 12.4. The number of rotatable bonds is 10. The van der Waals surface area contributed by atoms with Crippen molar-refractivity contribution in [3.05, 3.63) is 136 Å². The van der Waals surface area contributed by atoms with Gasteiger partial charge in [0.2, 0.25) is 10.0 Å². The van der Waals surface area contributed by atoms with Gasteiger partial charge in [-0.3, -0.25) is 4.57 Å². The Morgan fingerprint density at radius 3 is 2.37 bits per heavy atom. The van der Waals surface area contributed by atoms with Crippen LogP contribution in [-0.2, 0) is 22.2 Å². The first kappa shape index (κ1) is 29.0. The Balaban J connectivity index is 1.61. The quantitative estimate of drug-likeness (QED) is 0.170. The van der Waals surface area contributed by atoms with Crippen LogP contribution >= 0.6 is 23.4 Å². The van der Waals surface area contributed by atoms with Gasteiger partial charge in [-0.25, -0.2) is 17.5 Å². The third kappa shape index (κ3) is 7.05. The Labute approximate surface area is 248 Å². The molecule has 1 N–H and O–H groups in total. The van der Waals surface area contributed by atoms with Crippen LogP contribution in [0.5, 0.6) is 0 Å². The highest BCUT2D eigenvalue weighted by Gasteiger charge is 2.29. The Kier molecular flexibility index (Phi) is 8.89. The zero-order valence-electron chi connectivity index (χ0n) is 22.5. The van der Waals surface area contributed by atoms with Gasteiger partial charge in [0.1, 0.15) is 5.82 Å². The smallest absolute Gasteiger partial charge is 0.241 e. The van der Waals surface area contributed by atoms with Crippen molar-refractivity contribution in [1.82, 2.24) is 19.5 Å². The lowest BCUT2D eigenvalue weighted by molar-refractivity contribution is 0.537. The van der Waals surface area contributed by atoms with Gasteiger partial charge in [-0.05, 0) is 73.4 Å². The largest absolute Gasteiger partial charge is 0.272 e. The lowest BCUT2D eigenvalue weighted by Crippen LogP contribution is -2.32. The molecular formula is C31H28ClFN4O2S2. The summed E-state index contributed by atoms with van der Waals surface area (Å²) in [6, 6.07) is 27.3. The summed E-state index contributed by atoms with van der Waals surface area (Å²) < 4.78 is 45.3. The number of aromatic nitrogens is 3. The molecule has 1 heterocycles. The number of sulfonamides is 1. The number of hydrogen-bond donors (Lipinski definition) is 1. The van der Waals surface area contributed by atoms with E-state index in [9.17, 15) is 12.8 Å². The summed E-state index contributed by atoms with van der Waals surface area (Å²) in [6.07, 6.45) is 0.307. The van der Waals surface area contributed by atoms with Crippen LogP contribution in [0.4, 0.5) is 4.39 Å². The maximum atomic E-state index is 13.6. The molecular weight excluding hydrogens is 579 g/mol. The van der Waals surface area contributed by atoms with Crippen LogP contribution < -0.4 is 4.72 Å². The number of nitrogens with one attached hydrogen (secondary N) is 1. The zero-order chi connectivity index (χ0) is 29.0. The Morgan fingerprint density at radius 1 is 0.902 bits per heavy atom. The maximum absolute atomic E-state index is 13.6. The molecule has 0 radical (unpaired) electrons. The highest BCUT2D eigenvalue weighted by molar-refractivity contribution is 7.98. The van der Waals surface area contributed by atoms with Crippen LogP contribution in [0.25, 0.3) is 5.69 Å². The molecule has 5 rings (SSSR count). The second kappa shape index (κ2) is 12.6. The standard InChI is InChI=1S/C31H28ClFN4O2S2/c1-21-7-6-10-24(17-21)20-40-31-35-34-30(37(31)29-19-25(32)12-11-22(29)2)28(18-23-8-4-3-5-9-23)36-41(38,39)27-15-13-26(33)14-16-27/h3-17,19,28,36H,18,20H2,1-2H3. The van der Waals surface area contributed by atoms with Gasteiger partial charge < -0.3 is 0 Å². The average Bonchev–Trinajstić information content (AvgIpc) is 3.37. The predicted molar refractivity (Wildman–Crippen MR) is 161 cm³/mol. The van der Waals surface area contributed by atoms with Gasteiger partial charge in [0.25, 0.3) is 0 Å². The molecule has 1 atom stereocenters. The SMILES string of the molecule is Cc1cccc(CSc2nnc(C(Cc3ccccc3)NS(=O)(=O)c3ccc(F)cc3)n2-c2cc(Cl)ccc2C)c1. The van der Waals surface area contributed by atoms with Gasteiger partial charge in [0.15, 0.2) is 11.0 Å². The number of nitrogens with zero attached hydrogens (tertiary/aromatic N) is 3. The van der Waals surface area contributed by atoms with Crippen molar-refractivity contribution in [3.63, 3.8) is 0 Å². The van der Waals surface area contributed by atoms with E-state index in [4.69, 9.17) is 11.6 Å². The molecule has 0 aliphatic heterocycles. The van der Waals surface area contributed by atoms with E-state index in [-0.39, 0.29) is 4.90 Å². The minimum atomic E-state index is -4.04. The zero-order valence-corrected chi connectivity index (χ0v) is 24.8. The number of aryl methyl sites for hydroxylation is 2. The monoisotopic (exact) mass is 606 g/mol. The van der Waals surface area contributed by atoms with Crippen molar-refractivity contribution in [2.24, 2.45) is 0 Å². The van der Waals surface area contributed by atoms with E-state index < -0.39 is 21.9 Å². The molecule has 0 amide bonds. The van der Waals surface area contributed by atoms with Gasteiger partial charge in [-0.15, -0.1) is 10.2 Å². The van der Waals surface area contributed by atoms with Crippen LogP contribution in [0.3, 0.4) is 0 Å². The van der Waals surface area contributed by atoms with Gasteiger partial charge in [0.05, 0.1) is 16.6 Å². The first-order chi connectivity index (χ1) is 19.7. The van der Waals surface area contributed by atoms with Crippen LogP contribution in [0.1, 0.15) is 34.1 Å². The minimum absolute atomic E-state index is 0.0454. The molecule has 0 spiro atoms. The van der Waals surface area contributed by atoms with E-state index >= 15 is 0 Å². The first-order valence-corrected chi connectivity index (χ1v) is 15.8. The molecule has 210 valence electrons. The van der Waals surface area contributed by atoms with E-state index in [1.165, 1.54) is 23.9 Å². The summed E-state index contributed by atoms with van der Waals surface area (Å²) in [5, 5.41) is 10.2. The van der Waals surface area contributed by atoms with E-state index in [1.807, 2.05) is 79.1 Å². The average molecular weight is 607 g/mol. The topological polar surface area (TPSA) is 76.9 Å². The van der Waals surface area contributed by atoms with Crippen molar-refractivity contribution < 1.29 is 12.8 Å². The molecule has 4 aromatic carbocycles.